The molecule has 0 bridgehead atoms. The summed E-state index contributed by atoms with van der Waals surface area (Å²) in [6.45, 7) is 2.16. The van der Waals surface area contributed by atoms with Gasteiger partial charge in [-0.1, -0.05) is 6.07 Å². The van der Waals surface area contributed by atoms with Gasteiger partial charge in [-0.3, -0.25) is 0 Å². The van der Waals surface area contributed by atoms with Crippen LogP contribution in [-0.4, -0.2) is 11.0 Å². The smallest absolute Gasteiger partial charge is 0.319 e. The van der Waals surface area contributed by atoms with Crippen molar-refractivity contribution < 1.29 is 13.6 Å². The van der Waals surface area contributed by atoms with Crippen LogP contribution >= 0.6 is 22.7 Å². The lowest BCUT2D eigenvalue weighted by atomic mass is 10.3. The molecule has 8 heteroatoms. The summed E-state index contributed by atoms with van der Waals surface area (Å²) in [6, 6.07) is 6.36. The number of hydrogen-bond donors (Lipinski definition) is 2. The maximum absolute atomic E-state index is 13.5. The molecule has 2 amide bonds. The average Bonchev–Trinajstić information content (AvgIpc) is 3.17. The summed E-state index contributed by atoms with van der Waals surface area (Å²) in [5, 5.41) is 7.90. The molecule has 0 unspecified atom stereocenters. The summed E-state index contributed by atoms with van der Waals surface area (Å²) in [7, 11) is 0. The highest BCUT2D eigenvalue weighted by atomic mass is 32.1. The largest absolute Gasteiger partial charge is 0.333 e. The van der Waals surface area contributed by atoms with Crippen molar-refractivity contribution in [2.45, 2.75) is 13.5 Å². The molecule has 2 aromatic heterocycles. The van der Waals surface area contributed by atoms with E-state index in [4.69, 9.17) is 0 Å². The number of nitrogens with one attached hydrogen (secondary N) is 2. The molecule has 3 rings (SSSR count). The van der Waals surface area contributed by atoms with E-state index in [2.05, 4.69) is 15.6 Å². The number of thiophene rings is 1. The molecule has 1 aromatic carbocycles. The lowest BCUT2D eigenvalue weighted by molar-refractivity contribution is 0.251. The molecule has 3 aromatic rings. The molecule has 0 saturated heterocycles. The second kappa shape index (κ2) is 7.06. The maximum atomic E-state index is 13.5. The van der Waals surface area contributed by atoms with Crippen molar-refractivity contribution in [1.82, 2.24) is 10.3 Å². The lowest BCUT2D eigenvalue weighted by Crippen LogP contribution is -2.28. The molecule has 0 fully saturated rings. The Balaban J connectivity index is 1.62. The zero-order valence-electron chi connectivity index (χ0n) is 12.6. The third-order valence-electron chi connectivity index (χ3n) is 3.21. The van der Waals surface area contributed by atoms with E-state index in [1.807, 2.05) is 24.4 Å². The van der Waals surface area contributed by atoms with Crippen molar-refractivity contribution >= 4 is 34.4 Å². The van der Waals surface area contributed by atoms with E-state index < -0.39 is 17.7 Å². The van der Waals surface area contributed by atoms with E-state index in [0.717, 1.165) is 32.6 Å². The average molecular weight is 365 g/mol. The number of halogens is 2. The van der Waals surface area contributed by atoms with Gasteiger partial charge in [0, 0.05) is 10.9 Å². The van der Waals surface area contributed by atoms with Crippen molar-refractivity contribution in [1.29, 1.82) is 0 Å². The number of rotatable bonds is 4. The first-order chi connectivity index (χ1) is 11.5. The summed E-state index contributed by atoms with van der Waals surface area (Å²) < 4.78 is 26.4. The van der Waals surface area contributed by atoms with E-state index in [0.29, 0.717) is 0 Å². The number of carbonyl (C=O) groups excluding carboxylic acids is 1. The molecular formula is C16H13F2N3OS2. The number of aryl methyl sites for hydroxylation is 1. The van der Waals surface area contributed by atoms with Gasteiger partial charge in [0.25, 0.3) is 0 Å². The van der Waals surface area contributed by atoms with Gasteiger partial charge in [-0.25, -0.2) is 18.6 Å². The number of anilines is 1. The van der Waals surface area contributed by atoms with Gasteiger partial charge in [0.05, 0.1) is 22.8 Å². The topological polar surface area (TPSA) is 54.0 Å². The zero-order chi connectivity index (χ0) is 17.1. The van der Waals surface area contributed by atoms with Crippen LogP contribution in [0.4, 0.5) is 19.3 Å². The molecule has 0 aliphatic carbocycles. The molecule has 2 heterocycles. The standard InChI is InChI=1S/C16H13F2N3OS2/c1-9-14(24-15(20-9)13-3-2-6-23-13)8-19-16(22)21-12-5-4-10(17)7-11(12)18/h2-7H,8H2,1H3,(H2,19,21,22). The first-order valence-electron chi connectivity index (χ1n) is 7.03. The highest BCUT2D eigenvalue weighted by Gasteiger charge is 2.12. The number of benzene rings is 1. The Morgan fingerprint density at radius 1 is 1.29 bits per heavy atom. The lowest BCUT2D eigenvalue weighted by Gasteiger charge is -2.07. The van der Waals surface area contributed by atoms with E-state index in [-0.39, 0.29) is 12.2 Å². The second-order valence-corrected chi connectivity index (χ2v) is 6.97. The number of thiazole rings is 1. The van der Waals surface area contributed by atoms with Crippen LogP contribution in [0.3, 0.4) is 0 Å². The van der Waals surface area contributed by atoms with E-state index in [9.17, 15) is 13.6 Å². The first kappa shape index (κ1) is 16.5. The monoisotopic (exact) mass is 365 g/mol. The fraction of sp³-hybridized carbons (Fsp3) is 0.125. The van der Waals surface area contributed by atoms with Crippen molar-refractivity contribution in [3.05, 3.63) is 57.9 Å². The zero-order valence-corrected chi connectivity index (χ0v) is 14.2. The van der Waals surface area contributed by atoms with Crippen molar-refractivity contribution in [2.24, 2.45) is 0 Å². The molecule has 24 heavy (non-hydrogen) atoms. The quantitative estimate of drug-likeness (QED) is 0.699. The summed E-state index contributed by atoms with van der Waals surface area (Å²) in [6.07, 6.45) is 0. The van der Waals surface area contributed by atoms with Gasteiger partial charge in [-0.15, -0.1) is 22.7 Å². The Bertz CT molecular complexity index is 862. The Morgan fingerprint density at radius 2 is 2.12 bits per heavy atom. The summed E-state index contributed by atoms with van der Waals surface area (Å²) in [5.41, 5.74) is 0.769. The summed E-state index contributed by atoms with van der Waals surface area (Å²) >= 11 is 3.11. The second-order valence-electron chi connectivity index (χ2n) is 4.94. The molecule has 2 N–H and O–H groups in total. The number of hydrogen-bond acceptors (Lipinski definition) is 4. The van der Waals surface area contributed by atoms with Gasteiger partial charge in [-0.2, -0.15) is 0 Å². The Hall–Kier alpha value is -2.32. The Labute approximate surface area is 145 Å². The minimum atomic E-state index is -0.820. The Morgan fingerprint density at radius 3 is 2.83 bits per heavy atom. The minimum Gasteiger partial charge on any atom is -0.333 e. The van der Waals surface area contributed by atoms with Crippen LogP contribution in [0.2, 0.25) is 0 Å². The summed E-state index contributed by atoms with van der Waals surface area (Å²) in [5.74, 6) is -1.51. The number of carbonyl (C=O) groups is 1. The molecule has 0 aliphatic rings. The van der Waals surface area contributed by atoms with Crippen LogP contribution in [0.15, 0.2) is 35.7 Å². The molecule has 0 atom stereocenters. The van der Waals surface area contributed by atoms with Gasteiger partial charge in [0.2, 0.25) is 0 Å². The number of urea groups is 1. The third-order valence-corrected chi connectivity index (χ3v) is 5.41. The predicted octanol–water partition coefficient (Wildman–Crippen LogP) is 4.78. The highest BCUT2D eigenvalue weighted by Crippen LogP contribution is 2.30. The van der Waals surface area contributed by atoms with Crippen LogP contribution in [-0.2, 0) is 6.54 Å². The van der Waals surface area contributed by atoms with Gasteiger partial charge in [0.1, 0.15) is 16.6 Å². The fourth-order valence-electron chi connectivity index (χ4n) is 2.02. The van der Waals surface area contributed by atoms with Crippen LogP contribution in [0.1, 0.15) is 10.6 Å². The van der Waals surface area contributed by atoms with Crippen molar-refractivity contribution in [3.63, 3.8) is 0 Å². The molecule has 0 spiro atoms. The predicted molar refractivity (Wildman–Crippen MR) is 92.4 cm³/mol. The van der Waals surface area contributed by atoms with Crippen LogP contribution in [0, 0.1) is 18.6 Å². The van der Waals surface area contributed by atoms with E-state index in [1.165, 1.54) is 17.4 Å². The van der Waals surface area contributed by atoms with Crippen LogP contribution < -0.4 is 10.6 Å². The van der Waals surface area contributed by atoms with Crippen LogP contribution in [0.25, 0.3) is 9.88 Å². The number of aromatic nitrogens is 1. The minimum absolute atomic E-state index is 0.0748. The molecule has 124 valence electrons. The molecule has 0 aliphatic heterocycles. The fourth-order valence-corrected chi connectivity index (χ4v) is 3.81. The highest BCUT2D eigenvalue weighted by molar-refractivity contribution is 7.21. The number of nitrogens with zero attached hydrogens (tertiary/aromatic N) is 1. The third kappa shape index (κ3) is 3.77. The SMILES string of the molecule is Cc1nc(-c2cccs2)sc1CNC(=O)Nc1ccc(F)cc1F. The van der Waals surface area contributed by atoms with Gasteiger partial charge < -0.3 is 10.6 Å². The normalized spacial score (nSPS) is 10.6. The van der Waals surface area contributed by atoms with Gasteiger partial charge in [-0.05, 0) is 30.5 Å². The van der Waals surface area contributed by atoms with Crippen molar-refractivity contribution in [3.8, 4) is 9.88 Å². The summed E-state index contributed by atoms with van der Waals surface area (Å²) in [4.78, 5) is 18.4. The molecular weight excluding hydrogens is 352 g/mol. The van der Waals surface area contributed by atoms with Gasteiger partial charge in [0.15, 0.2) is 0 Å². The molecule has 0 radical (unpaired) electrons. The number of amides is 2. The van der Waals surface area contributed by atoms with Gasteiger partial charge >= 0.3 is 6.03 Å². The molecule has 0 saturated carbocycles. The van der Waals surface area contributed by atoms with Crippen molar-refractivity contribution in [2.75, 3.05) is 5.32 Å². The Kier molecular flexibility index (Phi) is 4.86. The van der Waals surface area contributed by atoms with E-state index >= 15 is 0 Å². The van der Waals surface area contributed by atoms with Crippen LogP contribution in [0.5, 0.6) is 0 Å². The maximum Gasteiger partial charge on any atom is 0.319 e. The first-order valence-corrected chi connectivity index (χ1v) is 8.72. The molecule has 4 nitrogen and oxygen atoms in total. The van der Waals surface area contributed by atoms with E-state index in [1.54, 1.807) is 11.3 Å².